The van der Waals surface area contributed by atoms with Crippen LogP contribution in [0.1, 0.15) is 58.2 Å². The van der Waals surface area contributed by atoms with E-state index in [9.17, 15) is 38.2 Å². The van der Waals surface area contributed by atoms with Crippen molar-refractivity contribution in [1.29, 1.82) is 0 Å². The Morgan fingerprint density at radius 3 is 1.55 bits per heavy atom. The summed E-state index contributed by atoms with van der Waals surface area (Å²) in [6.07, 6.45) is 2.37. The Hall–Kier alpha value is -7.22. The van der Waals surface area contributed by atoms with E-state index in [0.717, 1.165) is 15.7 Å². The van der Waals surface area contributed by atoms with Gasteiger partial charge in [-0.15, -0.1) is 20.4 Å². The van der Waals surface area contributed by atoms with E-state index in [1.165, 1.54) is 54.9 Å². The molecule has 0 radical (unpaired) electrons. The molecule has 0 aliphatic carbocycles. The van der Waals surface area contributed by atoms with E-state index in [4.69, 9.17) is 4.43 Å². The van der Waals surface area contributed by atoms with Crippen molar-refractivity contribution in [1.82, 2.24) is 49.9 Å². The molecule has 0 saturated carbocycles. The van der Waals surface area contributed by atoms with Gasteiger partial charge >= 0.3 is 0 Å². The van der Waals surface area contributed by atoms with Gasteiger partial charge in [0.05, 0.1) is 23.9 Å². The molecule has 0 aliphatic rings. The third-order valence-corrected chi connectivity index (χ3v) is 17.1. The average Bonchev–Trinajstić information content (AvgIpc) is 3.24. The number of phenolic OH excluding ortho intramolecular Hbond substituents is 2. The minimum absolute atomic E-state index is 0.00826. The SMILES string of the molecule is CC(C)[Si](Oc1c2ncnnc2c(O)c2c(=O)[nH]n(Cc3ccc(F)cc3)c(=O)c12)(C(C)C)C(C)C.Cc1c2nncnc2c(O)c2c(=O)n(Cc3ccc(F)cc3)[nH]c(=O)c12. The number of nitrogens with one attached hydrogen (secondary N) is 2. The number of benzene rings is 4. The summed E-state index contributed by atoms with van der Waals surface area (Å²) in [4.78, 5) is 60.8. The lowest BCUT2D eigenvalue weighted by atomic mass is 10.0. The number of aromatic nitrogens is 10. The van der Waals surface area contributed by atoms with Crippen LogP contribution in [0.5, 0.6) is 17.2 Å². The van der Waals surface area contributed by atoms with Gasteiger partial charge in [-0.05, 0) is 64.5 Å². The number of hydrogen-bond donors (Lipinski definition) is 4. The fourth-order valence-corrected chi connectivity index (χ4v) is 13.6. The number of hydrogen-bond acceptors (Lipinski definition) is 13. The first-order valence-corrected chi connectivity index (χ1v) is 21.7. The summed E-state index contributed by atoms with van der Waals surface area (Å²) in [5.74, 6) is -1.57. The quantitative estimate of drug-likeness (QED) is 0.101. The fraction of sp³-hybridized carbons (Fsp3) is 0.286. The fourth-order valence-electron chi connectivity index (χ4n) is 8.36. The predicted octanol–water partition coefficient (Wildman–Crippen LogP) is 5.70. The first-order chi connectivity index (χ1) is 29.5. The molecule has 8 rings (SSSR count). The molecule has 0 aliphatic heterocycles. The number of rotatable bonds is 9. The van der Waals surface area contributed by atoms with Gasteiger partial charge in [0, 0.05) is 0 Å². The summed E-state index contributed by atoms with van der Waals surface area (Å²) in [6, 6.07) is 11.2. The maximum atomic E-state index is 13.8. The van der Waals surface area contributed by atoms with Crippen LogP contribution in [0.15, 0.2) is 80.4 Å². The highest BCUT2D eigenvalue weighted by atomic mass is 28.4. The summed E-state index contributed by atoms with van der Waals surface area (Å²) in [5.41, 5.74) is 0.216. The van der Waals surface area contributed by atoms with E-state index in [2.05, 4.69) is 82.1 Å². The summed E-state index contributed by atoms with van der Waals surface area (Å²) in [5, 5.41) is 41.4. The lowest BCUT2D eigenvalue weighted by Gasteiger charge is -2.42. The molecule has 4 aromatic carbocycles. The zero-order valence-corrected chi connectivity index (χ0v) is 35.7. The maximum absolute atomic E-state index is 13.8. The van der Waals surface area contributed by atoms with Crippen LogP contribution >= 0.6 is 0 Å². The molecule has 4 aromatic heterocycles. The molecule has 20 heteroatoms. The molecular formula is C42H42F2N10O7Si. The van der Waals surface area contributed by atoms with Crippen molar-refractivity contribution >= 4 is 51.9 Å². The molecule has 62 heavy (non-hydrogen) atoms. The minimum Gasteiger partial charge on any atom is -0.541 e. The van der Waals surface area contributed by atoms with Gasteiger partial charge in [-0.25, -0.2) is 28.1 Å². The first kappa shape index (κ1) is 42.9. The standard InChI is InChI=1S/C25H30FN5O4Si.C17H12FN5O3/c1-13(2)36(14(3)4,15(5)6)35-23-19-18(22(32)20-21(23)27-12-28-29-20)24(33)30-31(25(19)34)11-16-7-9-17(26)10-8-16;1-8-11-12(15(24)14-13(8)21-20-7-19-14)17(26)23(22-16(11)25)6-9-2-4-10(18)5-3-9/h7-10,12-15,32H,11H2,1-6H3,(H,30,33);2-5,7,24H,6H2,1H3,(H,22,25). The van der Waals surface area contributed by atoms with Gasteiger partial charge in [0.15, 0.2) is 17.0 Å². The summed E-state index contributed by atoms with van der Waals surface area (Å²) >= 11 is 0. The molecule has 0 fully saturated rings. The third-order valence-electron chi connectivity index (χ3n) is 11.2. The van der Waals surface area contributed by atoms with Crippen LogP contribution < -0.4 is 26.7 Å². The number of nitrogens with zero attached hydrogens (tertiary/aromatic N) is 8. The van der Waals surface area contributed by atoms with E-state index < -0.39 is 53.7 Å². The summed E-state index contributed by atoms with van der Waals surface area (Å²) < 4.78 is 35.5. The number of aromatic hydroxyl groups is 2. The van der Waals surface area contributed by atoms with E-state index in [1.807, 2.05) is 0 Å². The number of aryl methyl sites for hydroxylation is 1. The largest absolute Gasteiger partial charge is 0.541 e. The molecule has 0 saturated heterocycles. The van der Waals surface area contributed by atoms with Gasteiger partial charge in [0.1, 0.15) is 57.4 Å². The highest BCUT2D eigenvalue weighted by molar-refractivity contribution is 6.78. The molecule has 4 heterocycles. The molecule has 0 spiro atoms. The van der Waals surface area contributed by atoms with Crippen molar-refractivity contribution in [2.75, 3.05) is 0 Å². The monoisotopic (exact) mass is 864 g/mol. The Labute approximate surface area is 350 Å². The van der Waals surface area contributed by atoms with E-state index >= 15 is 0 Å². The smallest absolute Gasteiger partial charge is 0.277 e. The normalized spacial score (nSPS) is 11.9. The number of aromatic amines is 2. The van der Waals surface area contributed by atoms with Crippen LogP contribution in [-0.4, -0.2) is 68.5 Å². The van der Waals surface area contributed by atoms with E-state index in [1.54, 1.807) is 6.92 Å². The van der Waals surface area contributed by atoms with Crippen molar-refractivity contribution in [2.24, 2.45) is 0 Å². The average molecular weight is 865 g/mol. The Kier molecular flexibility index (Phi) is 11.5. The van der Waals surface area contributed by atoms with Crippen molar-refractivity contribution < 1.29 is 23.4 Å². The number of phenols is 2. The van der Waals surface area contributed by atoms with Gasteiger partial charge in [0.2, 0.25) is 0 Å². The number of H-pyrrole nitrogens is 2. The van der Waals surface area contributed by atoms with Crippen LogP contribution in [0, 0.1) is 18.6 Å². The second-order valence-electron chi connectivity index (χ2n) is 15.8. The Balaban J connectivity index is 0.000000196. The van der Waals surface area contributed by atoms with E-state index in [-0.39, 0.29) is 79.1 Å². The van der Waals surface area contributed by atoms with Gasteiger partial charge < -0.3 is 14.6 Å². The molecule has 4 N–H and O–H groups in total. The van der Waals surface area contributed by atoms with E-state index in [0.29, 0.717) is 16.7 Å². The van der Waals surface area contributed by atoms with Crippen LogP contribution in [0.3, 0.4) is 0 Å². The van der Waals surface area contributed by atoms with Crippen LogP contribution in [0.2, 0.25) is 16.6 Å². The van der Waals surface area contributed by atoms with Crippen molar-refractivity contribution in [3.8, 4) is 17.2 Å². The zero-order chi connectivity index (χ0) is 44.8. The van der Waals surface area contributed by atoms with Gasteiger partial charge in [0.25, 0.3) is 30.6 Å². The lowest BCUT2D eigenvalue weighted by molar-refractivity contribution is 0.476. The zero-order valence-electron chi connectivity index (χ0n) is 34.7. The van der Waals surface area contributed by atoms with Crippen molar-refractivity contribution in [3.05, 3.63) is 131 Å². The minimum atomic E-state index is -2.63. The van der Waals surface area contributed by atoms with Crippen molar-refractivity contribution in [3.63, 3.8) is 0 Å². The van der Waals surface area contributed by atoms with Crippen LogP contribution in [0.4, 0.5) is 8.78 Å². The van der Waals surface area contributed by atoms with Gasteiger partial charge in [-0.3, -0.25) is 29.4 Å². The summed E-state index contributed by atoms with van der Waals surface area (Å²) in [6.45, 7) is 14.2. The van der Waals surface area contributed by atoms with Gasteiger partial charge in [-0.1, -0.05) is 65.8 Å². The Bertz CT molecular complexity index is 3240. The first-order valence-electron chi connectivity index (χ1n) is 19.6. The van der Waals surface area contributed by atoms with Crippen LogP contribution in [0.25, 0.3) is 43.6 Å². The maximum Gasteiger partial charge on any atom is 0.277 e. The molecule has 0 bridgehead atoms. The molecule has 0 atom stereocenters. The number of fused-ring (bicyclic) bond motifs is 4. The highest BCUT2D eigenvalue weighted by Crippen LogP contribution is 2.46. The predicted molar refractivity (Wildman–Crippen MR) is 230 cm³/mol. The molecule has 320 valence electrons. The molecule has 8 aromatic rings. The lowest BCUT2D eigenvalue weighted by Crippen LogP contribution is -2.51. The molecule has 0 amide bonds. The van der Waals surface area contributed by atoms with Crippen molar-refractivity contribution in [2.45, 2.75) is 78.2 Å². The Morgan fingerprint density at radius 2 is 1.05 bits per heavy atom. The van der Waals surface area contributed by atoms with Gasteiger partial charge in [-0.2, -0.15) is 0 Å². The molecular weight excluding hydrogens is 823 g/mol. The summed E-state index contributed by atoms with van der Waals surface area (Å²) in [7, 11) is -2.63. The highest BCUT2D eigenvalue weighted by Gasteiger charge is 2.48. The number of halogens is 2. The molecule has 0 unspecified atom stereocenters. The second kappa shape index (κ2) is 16.7. The molecule has 17 nitrogen and oxygen atoms in total. The topological polar surface area (TPSA) is 237 Å². The Morgan fingerprint density at radius 1 is 0.613 bits per heavy atom. The third kappa shape index (κ3) is 7.45. The second-order valence-corrected chi connectivity index (χ2v) is 21.2. The van der Waals surface area contributed by atoms with Crippen LogP contribution in [-0.2, 0) is 13.1 Å².